The van der Waals surface area contributed by atoms with E-state index in [2.05, 4.69) is 15.4 Å². The van der Waals surface area contributed by atoms with Gasteiger partial charge in [-0.05, 0) is 0 Å². The van der Waals surface area contributed by atoms with Crippen LogP contribution in [0.4, 0.5) is 10.2 Å². The number of nitrogens with zero attached hydrogens (tertiary/aromatic N) is 2. The van der Waals surface area contributed by atoms with Gasteiger partial charge in [-0.1, -0.05) is 0 Å². The van der Waals surface area contributed by atoms with Crippen molar-refractivity contribution in [2.75, 3.05) is 12.5 Å². The summed E-state index contributed by atoms with van der Waals surface area (Å²) in [4.78, 5) is 8.09. The SMILES string of the molecule is COc1cc2nc(NN)cnc2cc1F. The molecule has 0 unspecified atom stereocenters. The third-order valence-corrected chi connectivity index (χ3v) is 1.96. The minimum absolute atomic E-state index is 0.131. The van der Waals surface area contributed by atoms with Gasteiger partial charge in [-0.15, -0.1) is 0 Å². The zero-order valence-electron chi connectivity index (χ0n) is 7.99. The van der Waals surface area contributed by atoms with Crippen LogP contribution in [0.25, 0.3) is 11.0 Å². The number of hydrazine groups is 1. The van der Waals surface area contributed by atoms with E-state index in [0.717, 1.165) is 0 Å². The smallest absolute Gasteiger partial charge is 0.167 e. The van der Waals surface area contributed by atoms with Gasteiger partial charge in [0.2, 0.25) is 0 Å². The zero-order chi connectivity index (χ0) is 10.8. The van der Waals surface area contributed by atoms with Crippen LogP contribution in [0.1, 0.15) is 0 Å². The first-order valence-corrected chi connectivity index (χ1v) is 4.21. The van der Waals surface area contributed by atoms with E-state index in [0.29, 0.717) is 16.9 Å². The Morgan fingerprint density at radius 2 is 2.20 bits per heavy atom. The molecular weight excluding hydrogens is 199 g/mol. The molecule has 0 bridgehead atoms. The highest BCUT2D eigenvalue weighted by Gasteiger charge is 2.07. The maximum Gasteiger partial charge on any atom is 0.167 e. The van der Waals surface area contributed by atoms with E-state index in [4.69, 9.17) is 10.6 Å². The third kappa shape index (κ3) is 1.66. The van der Waals surface area contributed by atoms with Crippen LogP contribution in [-0.4, -0.2) is 17.1 Å². The van der Waals surface area contributed by atoms with Gasteiger partial charge in [0.25, 0.3) is 0 Å². The van der Waals surface area contributed by atoms with E-state index >= 15 is 0 Å². The Balaban J connectivity index is 2.66. The number of nitrogens with one attached hydrogen (secondary N) is 1. The van der Waals surface area contributed by atoms with Crippen LogP contribution in [0.2, 0.25) is 0 Å². The molecule has 1 aromatic carbocycles. The van der Waals surface area contributed by atoms with Gasteiger partial charge in [-0.25, -0.2) is 15.2 Å². The van der Waals surface area contributed by atoms with E-state index in [9.17, 15) is 4.39 Å². The van der Waals surface area contributed by atoms with Gasteiger partial charge in [0.1, 0.15) is 0 Å². The molecule has 2 aromatic rings. The summed E-state index contributed by atoms with van der Waals surface area (Å²) < 4.78 is 18.1. The average Bonchev–Trinajstić information content (AvgIpc) is 2.27. The Kier molecular flexibility index (Phi) is 2.34. The van der Waals surface area contributed by atoms with Gasteiger partial charge >= 0.3 is 0 Å². The standard InChI is InChI=1S/C9H9FN4O/c1-15-8-3-7-6(2-5(8)10)12-4-9(13-7)14-11/h2-4H,11H2,1H3,(H,13,14). The lowest BCUT2D eigenvalue weighted by atomic mass is 10.2. The summed E-state index contributed by atoms with van der Waals surface area (Å²) >= 11 is 0. The molecule has 0 radical (unpaired) electrons. The number of ether oxygens (including phenoxy) is 1. The maximum atomic E-state index is 13.3. The predicted octanol–water partition coefficient (Wildman–Crippen LogP) is 1.06. The van der Waals surface area contributed by atoms with Crippen LogP contribution in [0.15, 0.2) is 18.3 Å². The van der Waals surface area contributed by atoms with Gasteiger partial charge in [0.15, 0.2) is 17.4 Å². The van der Waals surface area contributed by atoms with Gasteiger partial charge in [-0.2, -0.15) is 0 Å². The van der Waals surface area contributed by atoms with Gasteiger partial charge in [0.05, 0.1) is 24.3 Å². The summed E-state index contributed by atoms with van der Waals surface area (Å²) in [6.07, 6.45) is 1.42. The Morgan fingerprint density at radius 1 is 1.40 bits per heavy atom. The highest BCUT2D eigenvalue weighted by atomic mass is 19.1. The van der Waals surface area contributed by atoms with E-state index in [1.165, 1.54) is 25.4 Å². The van der Waals surface area contributed by atoms with Crippen LogP contribution in [0.5, 0.6) is 5.75 Å². The van der Waals surface area contributed by atoms with Crippen LogP contribution in [0.3, 0.4) is 0 Å². The first-order valence-electron chi connectivity index (χ1n) is 4.21. The normalized spacial score (nSPS) is 10.3. The van der Waals surface area contributed by atoms with Crippen molar-refractivity contribution in [1.29, 1.82) is 0 Å². The fourth-order valence-corrected chi connectivity index (χ4v) is 1.24. The molecule has 5 nitrogen and oxygen atoms in total. The van der Waals surface area contributed by atoms with E-state index in [1.807, 2.05) is 0 Å². The first-order chi connectivity index (χ1) is 7.24. The second-order valence-electron chi connectivity index (χ2n) is 2.88. The van der Waals surface area contributed by atoms with Crippen LogP contribution in [0, 0.1) is 5.82 Å². The van der Waals surface area contributed by atoms with Crippen LogP contribution < -0.4 is 16.0 Å². The Hall–Kier alpha value is -1.95. The van der Waals surface area contributed by atoms with Crippen molar-refractivity contribution < 1.29 is 9.13 Å². The number of hydrogen-bond acceptors (Lipinski definition) is 5. The molecule has 0 aliphatic carbocycles. The fourth-order valence-electron chi connectivity index (χ4n) is 1.24. The number of fused-ring (bicyclic) bond motifs is 1. The number of rotatable bonds is 2. The van der Waals surface area contributed by atoms with Gasteiger partial charge in [0, 0.05) is 12.1 Å². The number of aromatic nitrogens is 2. The average molecular weight is 208 g/mol. The summed E-state index contributed by atoms with van der Waals surface area (Å²) in [5.41, 5.74) is 3.33. The summed E-state index contributed by atoms with van der Waals surface area (Å²) in [6.45, 7) is 0. The summed E-state index contributed by atoms with van der Waals surface area (Å²) in [5.74, 6) is 5.26. The summed E-state index contributed by atoms with van der Waals surface area (Å²) in [6, 6.07) is 2.74. The van der Waals surface area contributed by atoms with Crippen molar-refractivity contribution in [3.8, 4) is 5.75 Å². The lowest BCUT2D eigenvalue weighted by Gasteiger charge is -2.04. The highest BCUT2D eigenvalue weighted by molar-refractivity contribution is 5.77. The first kappa shape index (κ1) is 9.60. The third-order valence-electron chi connectivity index (χ3n) is 1.96. The Labute approximate surface area is 85.1 Å². The molecule has 0 atom stereocenters. The van der Waals surface area contributed by atoms with Crippen molar-refractivity contribution in [2.24, 2.45) is 5.84 Å². The van der Waals surface area contributed by atoms with E-state index in [1.54, 1.807) is 0 Å². The molecule has 1 heterocycles. The van der Waals surface area contributed by atoms with Crippen molar-refractivity contribution in [2.45, 2.75) is 0 Å². The molecule has 2 rings (SSSR count). The molecule has 78 valence electrons. The second-order valence-corrected chi connectivity index (χ2v) is 2.88. The van der Waals surface area contributed by atoms with E-state index in [-0.39, 0.29) is 5.75 Å². The predicted molar refractivity (Wildman–Crippen MR) is 53.9 cm³/mol. The summed E-state index contributed by atoms with van der Waals surface area (Å²) in [5, 5.41) is 0. The zero-order valence-corrected chi connectivity index (χ0v) is 7.99. The highest BCUT2D eigenvalue weighted by Crippen LogP contribution is 2.22. The molecular formula is C9H9FN4O. The number of nitrogen functional groups attached to an aromatic ring is 1. The Bertz CT molecular complexity index is 503. The van der Waals surface area contributed by atoms with Crippen molar-refractivity contribution in [3.63, 3.8) is 0 Å². The molecule has 0 spiro atoms. The monoisotopic (exact) mass is 208 g/mol. The maximum absolute atomic E-state index is 13.3. The number of nitrogens with two attached hydrogens (primary N) is 1. The second kappa shape index (κ2) is 3.66. The topological polar surface area (TPSA) is 73.1 Å². The molecule has 1 aromatic heterocycles. The quantitative estimate of drug-likeness (QED) is 0.570. The van der Waals surface area contributed by atoms with E-state index < -0.39 is 5.82 Å². The Morgan fingerprint density at radius 3 is 2.87 bits per heavy atom. The van der Waals surface area contributed by atoms with Crippen molar-refractivity contribution in [3.05, 3.63) is 24.1 Å². The molecule has 0 saturated heterocycles. The molecule has 0 amide bonds. The largest absolute Gasteiger partial charge is 0.494 e. The molecule has 0 aliphatic rings. The summed E-state index contributed by atoms with van der Waals surface area (Å²) in [7, 11) is 1.39. The van der Waals surface area contributed by atoms with Gasteiger partial charge in [-0.3, -0.25) is 4.98 Å². The molecule has 6 heteroatoms. The number of methoxy groups -OCH3 is 1. The number of halogens is 1. The molecule has 0 fully saturated rings. The van der Waals surface area contributed by atoms with Crippen molar-refractivity contribution >= 4 is 16.9 Å². The van der Waals surface area contributed by atoms with Gasteiger partial charge < -0.3 is 10.2 Å². The lowest BCUT2D eigenvalue weighted by molar-refractivity contribution is 0.387. The minimum Gasteiger partial charge on any atom is -0.494 e. The molecule has 3 N–H and O–H groups in total. The molecule has 0 saturated carbocycles. The number of benzene rings is 1. The van der Waals surface area contributed by atoms with Crippen LogP contribution in [-0.2, 0) is 0 Å². The fraction of sp³-hybridized carbons (Fsp3) is 0.111. The van der Waals surface area contributed by atoms with Crippen LogP contribution >= 0.6 is 0 Å². The van der Waals surface area contributed by atoms with Crippen molar-refractivity contribution in [1.82, 2.24) is 9.97 Å². The molecule has 15 heavy (non-hydrogen) atoms. The lowest BCUT2D eigenvalue weighted by Crippen LogP contribution is -2.08. The minimum atomic E-state index is -0.465. The molecule has 0 aliphatic heterocycles. The number of anilines is 1. The number of hydrogen-bond donors (Lipinski definition) is 2.